The fourth-order valence-electron chi connectivity index (χ4n) is 3.87. The molecule has 8 nitrogen and oxygen atoms in total. The Hall–Kier alpha value is -4.46. The third kappa shape index (κ3) is 4.91. The molecular formula is C27H25N3O5. The first kappa shape index (κ1) is 23.7. The maximum atomic E-state index is 13.5. The lowest BCUT2D eigenvalue weighted by molar-refractivity contribution is -0.122. The molecule has 178 valence electrons. The Kier molecular flexibility index (Phi) is 6.91. The van der Waals surface area contributed by atoms with Crippen LogP contribution in [0.25, 0.3) is 0 Å². The second-order valence-corrected chi connectivity index (χ2v) is 7.94. The summed E-state index contributed by atoms with van der Waals surface area (Å²) >= 11 is 0. The zero-order chi connectivity index (χ0) is 24.9. The van der Waals surface area contributed by atoms with Crippen LogP contribution in [0.5, 0.6) is 5.75 Å². The normalized spacial score (nSPS) is 12.3. The fourth-order valence-corrected chi connectivity index (χ4v) is 3.87. The smallest absolute Gasteiger partial charge is 0.262 e. The second kappa shape index (κ2) is 10.2. The fraction of sp³-hybridized carbons (Fsp3) is 0.185. The first-order valence-corrected chi connectivity index (χ1v) is 11.2. The number of likely N-dealkylation sites (N-methyl/N-ethyl adjacent to an activating group) is 1. The summed E-state index contributed by atoms with van der Waals surface area (Å²) in [4.78, 5) is 55.8. The Morgan fingerprint density at radius 3 is 2.03 bits per heavy atom. The van der Waals surface area contributed by atoms with Crippen molar-refractivity contribution >= 4 is 35.0 Å². The predicted molar refractivity (Wildman–Crippen MR) is 132 cm³/mol. The van der Waals surface area contributed by atoms with Crippen LogP contribution >= 0.6 is 0 Å². The van der Waals surface area contributed by atoms with E-state index in [1.807, 2.05) is 25.1 Å². The Bertz CT molecular complexity index is 1240. The van der Waals surface area contributed by atoms with Crippen molar-refractivity contribution in [3.05, 3.63) is 90.0 Å². The summed E-state index contributed by atoms with van der Waals surface area (Å²) in [5.41, 5.74) is 1.62. The third-order valence-corrected chi connectivity index (χ3v) is 5.72. The van der Waals surface area contributed by atoms with Gasteiger partial charge in [0.15, 0.2) is 0 Å². The van der Waals surface area contributed by atoms with E-state index in [9.17, 15) is 19.2 Å². The van der Waals surface area contributed by atoms with E-state index in [1.165, 1.54) is 9.80 Å². The molecule has 1 aliphatic heterocycles. The molecule has 0 aliphatic carbocycles. The lowest BCUT2D eigenvalue weighted by Crippen LogP contribution is -2.47. The van der Waals surface area contributed by atoms with Crippen molar-refractivity contribution in [2.45, 2.75) is 6.92 Å². The molecule has 1 aliphatic rings. The molecule has 8 heteroatoms. The third-order valence-electron chi connectivity index (χ3n) is 5.72. The molecule has 0 bridgehead atoms. The van der Waals surface area contributed by atoms with Gasteiger partial charge in [0.2, 0.25) is 11.8 Å². The van der Waals surface area contributed by atoms with Gasteiger partial charge in [-0.25, -0.2) is 0 Å². The van der Waals surface area contributed by atoms with Crippen molar-refractivity contribution in [2.24, 2.45) is 0 Å². The van der Waals surface area contributed by atoms with Crippen molar-refractivity contribution in [2.75, 3.05) is 36.5 Å². The van der Waals surface area contributed by atoms with Crippen LogP contribution in [0.1, 0.15) is 27.6 Å². The first-order valence-electron chi connectivity index (χ1n) is 11.2. The maximum absolute atomic E-state index is 13.5. The molecule has 0 fully saturated rings. The molecule has 0 radical (unpaired) electrons. The number of anilines is 2. The van der Waals surface area contributed by atoms with E-state index in [2.05, 4.69) is 0 Å². The summed E-state index contributed by atoms with van der Waals surface area (Å²) in [6.07, 6.45) is 0. The quantitative estimate of drug-likeness (QED) is 0.470. The summed E-state index contributed by atoms with van der Waals surface area (Å²) in [6, 6.07) is 22.3. The summed E-state index contributed by atoms with van der Waals surface area (Å²) < 4.78 is 5.56. The molecule has 0 saturated heterocycles. The van der Waals surface area contributed by atoms with Crippen molar-refractivity contribution in [3.63, 3.8) is 0 Å². The number of hydrogen-bond acceptors (Lipinski definition) is 5. The molecule has 0 saturated carbocycles. The molecule has 0 unspecified atom stereocenters. The van der Waals surface area contributed by atoms with Crippen LogP contribution in [-0.2, 0) is 9.59 Å². The number of carbonyl (C=O) groups is 4. The molecule has 35 heavy (non-hydrogen) atoms. The standard InChI is InChI=1S/C27H25N3O5/c1-3-35-21-13-9-12-20(16-21)29(17-24(31)28(2)19-10-5-4-6-11-19)25(32)18-30-26(33)22-14-7-8-15-23(22)27(30)34/h4-16H,3,17-18H2,1-2H3. The number of amides is 4. The monoisotopic (exact) mass is 471 g/mol. The molecule has 4 amide bonds. The number of fused-ring (bicyclic) bond motifs is 1. The van der Waals surface area contributed by atoms with Crippen LogP contribution in [0.15, 0.2) is 78.9 Å². The van der Waals surface area contributed by atoms with Crippen LogP contribution in [0.2, 0.25) is 0 Å². The maximum Gasteiger partial charge on any atom is 0.262 e. The van der Waals surface area contributed by atoms with Gasteiger partial charge in [0.1, 0.15) is 18.8 Å². The first-order chi connectivity index (χ1) is 16.9. The van der Waals surface area contributed by atoms with Crippen LogP contribution in [-0.4, -0.2) is 55.3 Å². The van der Waals surface area contributed by atoms with Crippen molar-refractivity contribution < 1.29 is 23.9 Å². The number of carbonyl (C=O) groups excluding carboxylic acids is 4. The minimum Gasteiger partial charge on any atom is -0.494 e. The summed E-state index contributed by atoms with van der Waals surface area (Å²) in [5.74, 6) is -1.44. The molecule has 0 N–H and O–H groups in total. The van der Waals surface area contributed by atoms with Gasteiger partial charge >= 0.3 is 0 Å². The Balaban J connectivity index is 1.61. The highest BCUT2D eigenvalue weighted by Crippen LogP contribution is 2.25. The summed E-state index contributed by atoms with van der Waals surface area (Å²) in [5, 5.41) is 0. The van der Waals surface area contributed by atoms with Crippen molar-refractivity contribution in [3.8, 4) is 5.75 Å². The Labute approximate surface area is 203 Å². The second-order valence-electron chi connectivity index (χ2n) is 7.94. The van der Waals surface area contributed by atoms with Gasteiger partial charge in [0.05, 0.1) is 17.7 Å². The number of hydrogen-bond donors (Lipinski definition) is 0. The molecule has 3 aromatic carbocycles. The molecule has 4 rings (SSSR count). The average Bonchev–Trinajstić information content (AvgIpc) is 3.12. The Morgan fingerprint density at radius 1 is 0.800 bits per heavy atom. The van der Waals surface area contributed by atoms with Gasteiger partial charge < -0.3 is 14.5 Å². The zero-order valence-corrected chi connectivity index (χ0v) is 19.5. The molecule has 0 atom stereocenters. The number of benzene rings is 3. The Morgan fingerprint density at radius 2 is 1.40 bits per heavy atom. The van der Waals surface area contributed by atoms with Crippen molar-refractivity contribution in [1.82, 2.24) is 4.90 Å². The highest BCUT2D eigenvalue weighted by Gasteiger charge is 2.37. The largest absolute Gasteiger partial charge is 0.494 e. The number of imide groups is 1. The van der Waals surface area contributed by atoms with Crippen LogP contribution in [0.3, 0.4) is 0 Å². The number of nitrogens with zero attached hydrogens (tertiary/aromatic N) is 3. The van der Waals surface area contributed by atoms with E-state index >= 15 is 0 Å². The highest BCUT2D eigenvalue weighted by atomic mass is 16.5. The summed E-state index contributed by atoms with van der Waals surface area (Å²) in [6.45, 7) is 1.49. The molecule has 0 aromatic heterocycles. The van der Waals surface area contributed by atoms with Gasteiger partial charge in [0.25, 0.3) is 11.8 Å². The van der Waals surface area contributed by atoms with E-state index in [1.54, 1.807) is 67.7 Å². The molecular weight excluding hydrogens is 446 g/mol. The van der Waals surface area contributed by atoms with E-state index in [0.29, 0.717) is 23.7 Å². The van der Waals surface area contributed by atoms with Gasteiger partial charge in [0, 0.05) is 24.5 Å². The molecule has 3 aromatic rings. The van der Waals surface area contributed by atoms with Crippen molar-refractivity contribution in [1.29, 1.82) is 0 Å². The van der Waals surface area contributed by atoms with Crippen LogP contribution in [0.4, 0.5) is 11.4 Å². The number of para-hydroxylation sites is 1. The van der Waals surface area contributed by atoms with Gasteiger partial charge in [-0.2, -0.15) is 0 Å². The van der Waals surface area contributed by atoms with E-state index in [-0.39, 0.29) is 23.6 Å². The van der Waals surface area contributed by atoms with Crippen LogP contribution in [0, 0.1) is 0 Å². The van der Waals surface area contributed by atoms with E-state index in [0.717, 1.165) is 4.90 Å². The van der Waals surface area contributed by atoms with Gasteiger partial charge in [-0.05, 0) is 43.3 Å². The van der Waals surface area contributed by atoms with Gasteiger partial charge in [-0.3, -0.25) is 24.1 Å². The predicted octanol–water partition coefficient (Wildman–Crippen LogP) is 3.38. The summed E-state index contributed by atoms with van der Waals surface area (Å²) in [7, 11) is 1.63. The topological polar surface area (TPSA) is 87.2 Å². The van der Waals surface area contributed by atoms with Gasteiger partial charge in [-0.1, -0.05) is 36.4 Å². The number of rotatable bonds is 8. The average molecular weight is 472 g/mol. The zero-order valence-electron chi connectivity index (χ0n) is 19.5. The van der Waals surface area contributed by atoms with E-state index in [4.69, 9.17) is 4.74 Å². The highest BCUT2D eigenvalue weighted by molar-refractivity contribution is 6.23. The lowest BCUT2D eigenvalue weighted by atomic mass is 10.1. The molecule has 1 heterocycles. The van der Waals surface area contributed by atoms with E-state index < -0.39 is 24.3 Å². The number of ether oxygens (including phenoxy) is 1. The minimum atomic E-state index is -0.567. The minimum absolute atomic E-state index is 0.259. The molecule has 0 spiro atoms. The van der Waals surface area contributed by atoms with Crippen LogP contribution < -0.4 is 14.5 Å². The van der Waals surface area contributed by atoms with Gasteiger partial charge in [-0.15, -0.1) is 0 Å². The lowest BCUT2D eigenvalue weighted by Gasteiger charge is -2.27. The SMILES string of the molecule is CCOc1cccc(N(CC(=O)N(C)c2ccccc2)C(=O)CN2C(=O)c3ccccc3C2=O)c1.